The van der Waals surface area contributed by atoms with Gasteiger partial charge in [0.05, 0.1) is 0 Å². The molecule has 1 aromatic rings. The van der Waals surface area contributed by atoms with Gasteiger partial charge in [0.25, 0.3) is 0 Å². The van der Waals surface area contributed by atoms with Crippen molar-refractivity contribution in [2.24, 2.45) is 5.92 Å². The van der Waals surface area contributed by atoms with E-state index >= 15 is 0 Å². The van der Waals surface area contributed by atoms with Gasteiger partial charge in [-0.2, -0.15) is 0 Å². The first kappa shape index (κ1) is 19.3. The van der Waals surface area contributed by atoms with Gasteiger partial charge >= 0.3 is 6.03 Å². The van der Waals surface area contributed by atoms with Gasteiger partial charge in [-0.25, -0.2) is 4.79 Å². The second kappa shape index (κ2) is 9.44. The highest BCUT2D eigenvalue weighted by Crippen LogP contribution is 2.23. The third-order valence-electron chi connectivity index (χ3n) is 5.04. The van der Waals surface area contributed by atoms with Crippen LogP contribution in [0.2, 0.25) is 0 Å². The highest BCUT2D eigenvalue weighted by atomic mass is 16.2. The fraction of sp³-hybridized carbons (Fsp3) is 0.600. The Morgan fingerprint density at radius 2 is 2.00 bits per heavy atom. The molecule has 2 rings (SSSR count). The van der Waals surface area contributed by atoms with Crippen LogP contribution in [0, 0.1) is 5.92 Å². The van der Waals surface area contributed by atoms with Crippen LogP contribution in [0.4, 0.5) is 10.5 Å². The quantitative estimate of drug-likeness (QED) is 0.873. The van der Waals surface area contributed by atoms with Gasteiger partial charge in [-0.1, -0.05) is 38.0 Å². The number of nitrogens with one attached hydrogen (secondary N) is 1. The first-order chi connectivity index (χ1) is 12.0. The predicted octanol–water partition coefficient (Wildman–Crippen LogP) is 4.10. The topological polar surface area (TPSA) is 52.7 Å². The number of carbonyl (C=O) groups excluding carboxylic acids is 2. The van der Waals surface area contributed by atoms with Gasteiger partial charge in [0.15, 0.2) is 0 Å². The molecule has 0 bridgehead atoms. The molecule has 1 aliphatic rings. The number of benzene rings is 1. The van der Waals surface area contributed by atoms with Crippen molar-refractivity contribution in [2.45, 2.75) is 52.5 Å². The molecule has 0 aliphatic carbocycles. The van der Waals surface area contributed by atoms with Crippen molar-refractivity contribution in [1.82, 2.24) is 9.80 Å². The lowest BCUT2D eigenvalue weighted by Gasteiger charge is -2.23. The van der Waals surface area contributed by atoms with Crippen LogP contribution < -0.4 is 5.32 Å². The molecule has 1 aliphatic heterocycles. The Balaban J connectivity index is 1.99. The summed E-state index contributed by atoms with van der Waals surface area (Å²) in [5.74, 6) is 0.759. The van der Waals surface area contributed by atoms with Gasteiger partial charge < -0.3 is 15.1 Å². The van der Waals surface area contributed by atoms with Gasteiger partial charge in [-0.3, -0.25) is 4.79 Å². The SMILES string of the molecule is CCC[C@@H]1CCCN(C(=O)Nc2ccccc2CN(C)C(C)=O)CC1. The number of urea groups is 1. The zero-order valence-electron chi connectivity index (χ0n) is 15.8. The van der Waals surface area contributed by atoms with Gasteiger partial charge in [-0.05, 0) is 36.8 Å². The van der Waals surface area contributed by atoms with Crippen LogP contribution in [-0.2, 0) is 11.3 Å². The minimum absolute atomic E-state index is 0.00983. The first-order valence-electron chi connectivity index (χ1n) is 9.36. The molecule has 3 amide bonds. The van der Waals surface area contributed by atoms with Crippen LogP contribution in [0.25, 0.3) is 0 Å². The van der Waals surface area contributed by atoms with Crippen LogP contribution in [-0.4, -0.2) is 41.9 Å². The van der Waals surface area contributed by atoms with E-state index in [-0.39, 0.29) is 11.9 Å². The van der Waals surface area contributed by atoms with Crippen molar-refractivity contribution in [3.8, 4) is 0 Å². The molecule has 0 spiro atoms. The molecule has 138 valence electrons. The number of nitrogens with zero attached hydrogens (tertiary/aromatic N) is 2. The maximum atomic E-state index is 12.7. The van der Waals surface area contributed by atoms with E-state index < -0.39 is 0 Å². The average Bonchev–Trinajstić information content (AvgIpc) is 2.82. The van der Waals surface area contributed by atoms with E-state index in [1.807, 2.05) is 29.2 Å². The molecule has 0 aromatic heterocycles. The number of amides is 3. The normalized spacial score (nSPS) is 17.7. The summed E-state index contributed by atoms with van der Waals surface area (Å²) in [4.78, 5) is 27.7. The second-order valence-electron chi connectivity index (χ2n) is 7.04. The van der Waals surface area contributed by atoms with Crippen LogP contribution >= 0.6 is 0 Å². The first-order valence-corrected chi connectivity index (χ1v) is 9.36. The molecule has 1 heterocycles. The van der Waals surface area contributed by atoms with Crippen molar-refractivity contribution in [3.05, 3.63) is 29.8 Å². The molecular weight excluding hydrogens is 314 g/mol. The summed E-state index contributed by atoms with van der Waals surface area (Å²) < 4.78 is 0. The maximum Gasteiger partial charge on any atom is 0.321 e. The van der Waals surface area contributed by atoms with E-state index in [9.17, 15) is 9.59 Å². The molecule has 25 heavy (non-hydrogen) atoms. The van der Waals surface area contributed by atoms with Crippen LogP contribution in [0.15, 0.2) is 24.3 Å². The zero-order chi connectivity index (χ0) is 18.2. The third kappa shape index (κ3) is 5.76. The summed E-state index contributed by atoms with van der Waals surface area (Å²) >= 11 is 0. The lowest BCUT2D eigenvalue weighted by Crippen LogP contribution is -2.36. The highest BCUT2D eigenvalue weighted by molar-refractivity contribution is 5.90. The lowest BCUT2D eigenvalue weighted by atomic mass is 9.96. The van der Waals surface area contributed by atoms with E-state index in [4.69, 9.17) is 0 Å². The van der Waals surface area contributed by atoms with Crippen molar-refractivity contribution >= 4 is 17.6 Å². The van der Waals surface area contributed by atoms with Gasteiger partial charge in [-0.15, -0.1) is 0 Å². The van der Waals surface area contributed by atoms with E-state index in [0.717, 1.165) is 43.1 Å². The van der Waals surface area contributed by atoms with Gasteiger partial charge in [0, 0.05) is 39.3 Å². The number of rotatable bonds is 5. The van der Waals surface area contributed by atoms with Crippen molar-refractivity contribution in [3.63, 3.8) is 0 Å². The Morgan fingerprint density at radius 3 is 2.72 bits per heavy atom. The smallest absolute Gasteiger partial charge is 0.321 e. The molecular formula is C20H31N3O2. The van der Waals surface area contributed by atoms with Crippen LogP contribution in [0.3, 0.4) is 0 Å². The Morgan fingerprint density at radius 1 is 1.24 bits per heavy atom. The Hall–Kier alpha value is -2.04. The highest BCUT2D eigenvalue weighted by Gasteiger charge is 2.21. The molecule has 1 N–H and O–H groups in total. The van der Waals surface area contributed by atoms with Gasteiger partial charge in [0.2, 0.25) is 5.91 Å². The largest absolute Gasteiger partial charge is 0.342 e. The van der Waals surface area contributed by atoms with E-state index in [0.29, 0.717) is 6.54 Å². The number of carbonyl (C=O) groups is 2. The second-order valence-corrected chi connectivity index (χ2v) is 7.04. The third-order valence-corrected chi connectivity index (χ3v) is 5.04. The zero-order valence-corrected chi connectivity index (χ0v) is 15.8. The van der Waals surface area contributed by atoms with Crippen LogP contribution in [0.5, 0.6) is 0 Å². The number of hydrogen-bond donors (Lipinski definition) is 1. The van der Waals surface area contributed by atoms with Crippen molar-refractivity contribution < 1.29 is 9.59 Å². The Labute approximate surface area is 151 Å². The molecule has 5 heteroatoms. The average molecular weight is 345 g/mol. The summed E-state index contributed by atoms with van der Waals surface area (Å²) in [6, 6.07) is 7.66. The summed E-state index contributed by atoms with van der Waals surface area (Å²) in [7, 11) is 1.77. The van der Waals surface area contributed by atoms with E-state index in [2.05, 4.69) is 12.2 Å². The minimum Gasteiger partial charge on any atom is -0.342 e. The molecule has 1 atom stereocenters. The minimum atomic E-state index is -0.0323. The standard InChI is InChI=1S/C20H31N3O2/c1-4-8-17-9-7-13-23(14-12-17)20(25)21-19-11-6-5-10-18(19)15-22(3)16(2)24/h5-6,10-11,17H,4,7-9,12-15H2,1-3H3,(H,21,25)/t17-/m1/s1. The van der Waals surface area contributed by atoms with Crippen molar-refractivity contribution in [1.29, 1.82) is 0 Å². The molecule has 1 fully saturated rings. The molecule has 0 unspecified atom stereocenters. The molecule has 5 nitrogen and oxygen atoms in total. The fourth-order valence-corrected chi connectivity index (χ4v) is 3.41. The number of para-hydroxylation sites is 1. The molecule has 1 aromatic carbocycles. The predicted molar refractivity (Wildman–Crippen MR) is 101 cm³/mol. The molecule has 0 saturated carbocycles. The summed E-state index contributed by atoms with van der Waals surface area (Å²) in [5, 5.41) is 3.05. The number of likely N-dealkylation sites (tertiary alicyclic amines) is 1. The van der Waals surface area contributed by atoms with Crippen molar-refractivity contribution in [2.75, 3.05) is 25.5 Å². The maximum absolute atomic E-state index is 12.7. The number of hydrogen-bond acceptors (Lipinski definition) is 2. The van der Waals surface area contributed by atoms with Gasteiger partial charge in [0.1, 0.15) is 0 Å². The fourth-order valence-electron chi connectivity index (χ4n) is 3.41. The molecule has 0 radical (unpaired) electrons. The Bertz CT molecular complexity index is 588. The monoisotopic (exact) mass is 345 g/mol. The summed E-state index contributed by atoms with van der Waals surface area (Å²) in [6.07, 6.45) is 5.87. The lowest BCUT2D eigenvalue weighted by molar-refractivity contribution is -0.128. The Kier molecular flexibility index (Phi) is 7.29. The van der Waals surface area contributed by atoms with E-state index in [1.54, 1.807) is 18.9 Å². The number of anilines is 1. The summed E-state index contributed by atoms with van der Waals surface area (Å²) in [6.45, 7) is 5.91. The van der Waals surface area contributed by atoms with Crippen LogP contribution in [0.1, 0.15) is 51.5 Å². The summed E-state index contributed by atoms with van der Waals surface area (Å²) in [5.41, 5.74) is 1.74. The molecule has 1 saturated heterocycles. The van der Waals surface area contributed by atoms with E-state index in [1.165, 1.54) is 19.3 Å².